The molecule has 0 radical (unpaired) electrons. The molecule has 1 aromatic carbocycles. The third kappa shape index (κ3) is 5.29. The average molecular weight is 266 g/mol. The number of likely N-dealkylation sites (N-methyl/N-ethyl adjacent to an activating group) is 1. The quantitative estimate of drug-likeness (QED) is 0.774. The van der Waals surface area contributed by atoms with E-state index in [1.807, 2.05) is 12.1 Å². The normalized spacial score (nSPS) is 12.9. The van der Waals surface area contributed by atoms with Crippen molar-refractivity contribution in [2.75, 3.05) is 26.2 Å². The maximum atomic E-state index is 13.5. The zero-order valence-corrected chi connectivity index (χ0v) is 12.7. The summed E-state index contributed by atoms with van der Waals surface area (Å²) >= 11 is 0. The van der Waals surface area contributed by atoms with Gasteiger partial charge in [0.2, 0.25) is 0 Å². The van der Waals surface area contributed by atoms with Crippen LogP contribution in [0, 0.1) is 12.7 Å². The van der Waals surface area contributed by atoms with Crippen molar-refractivity contribution < 1.29 is 4.39 Å². The number of halogens is 1. The van der Waals surface area contributed by atoms with Crippen molar-refractivity contribution in [1.82, 2.24) is 10.2 Å². The Balaban J connectivity index is 2.42. The molecule has 19 heavy (non-hydrogen) atoms. The SMILES string of the molecule is CCCN(CC)CCNC(C)c1ccc(C)c(F)c1. The van der Waals surface area contributed by atoms with Gasteiger partial charge in [0.05, 0.1) is 0 Å². The average Bonchev–Trinajstić information content (AvgIpc) is 2.40. The highest BCUT2D eigenvalue weighted by Crippen LogP contribution is 2.15. The van der Waals surface area contributed by atoms with Crippen molar-refractivity contribution in [2.45, 2.75) is 40.2 Å². The van der Waals surface area contributed by atoms with Crippen LogP contribution in [0.25, 0.3) is 0 Å². The lowest BCUT2D eigenvalue weighted by atomic mass is 10.1. The molecular weight excluding hydrogens is 239 g/mol. The van der Waals surface area contributed by atoms with Crippen LogP contribution in [0.3, 0.4) is 0 Å². The summed E-state index contributed by atoms with van der Waals surface area (Å²) in [6, 6.07) is 5.67. The van der Waals surface area contributed by atoms with Gasteiger partial charge in [-0.25, -0.2) is 4.39 Å². The molecule has 108 valence electrons. The van der Waals surface area contributed by atoms with E-state index in [0.29, 0.717) is 5.56 Å². The molecule has 0 spiro atoms. The Hall–Kier alpha value is -0.930. The minimum atomic E-state index is -0.118. The molecule has 0 aliphatic carbocycles. The summed E-state index contributed by atoms with van der Waals surface area (Å²) in [7, 11) is 0. The number of hydrogen-bond acceptors (Lipinski definition) is 2. The zero-order chi connectivity index (χ0) is 14.3. The first kappa shape index (κ1) is 16.1. The fourth-order valence-corrected chi connectivity index (χ4v) is 2.18. The van der Waals surface area contributed by atoms with E-state index in [-0.39, 0.29) is 11.9 Å². The second kappa shape index (κ2) is 8.28. The first-order valence-corrected chi connectivity index (χ1v) is 7.30. The van der Waals surface area contributed by atoms with Crippen molar-refractivity contribution in [3.05, 3.63) is 35.1 Å². The summed E-state index contributed by atoms with van der Waals surface area (Å²) in [4.78, 5) is 2.43. The Morgan fingerprint density at radius 1 is 1.26 bits per heavy atom. The number of hydrogen-bond donors (Lipinski definition) is 1. The minimum absolute atomic E-state index is 0.118. The van der Waals surface area contributed by atoms with Crippen molar-refractivity contribution in [1.29, 1.82) is 0 Å². The van der Waals surface area contributed by atoms with Crippen LogP contribution in [-0.4, -0.2) is 31.1 Å². The number of aryl methyl sites for hydroxylation is 1. The van der Waals surface area contributed by atoms with Crippen LogP contribution in [0.5, 0.6) is 0 Å². The predicted octanol–water partition coefficient (Wildman–Crippen LogP) is 3.52. The van der Waals surface area contributed by atoms with E-state index in [2.05, 4.69) is 31.0 Å². The largest absolute Gasteiger partial charge is 0.309 e. The summed E-state index contributed by atoms with van der Waals surface area (Å²) < 4.78 is 13.5. The van der Waals surface area contributed by atoms with Gasteiger partial charge in [0.25, 0.3) is 0 Å². The van der Waals surface area contributed by atoms with E-state index in [4.69, 9.17) is 0 Å². The summed E-state index contributed by atoms with van der Waals surface area (Å²) in [6.45, 7) is 12.5. The molecule has 1 rings (SSSR count). The molecule has 0 saturated heterocycles. The topological polar surface area (TPSA) is 15.3 Å². The molecule has 2 nitrogen and oxygen atoms in total. The van der Waals surface area contributed by atoms with Gasteiger partial charge in [-0.05, 0) is 50.6 Å². The van der Waals surface area contributed by atoms with Gasteiger partial charge in [0.1, 0.15) is 5.82 Å². The number of rotatable bonds is 8. The Bertz CT molecular complexity index is 379. The molecule has 1 atom stereocenters. The molecule has 0 bridgehead atoms. The van der Waals surface area contributed by atoms with Gasteiger partial charge < -0.3 is 10.2 Å². The first-order valence-electron chi connectivity index (χ1n) is 7.30. The van der Waals surface area contributed by atoms with Crippen molar-refractivity contribution in [3.63, 3.8) is 0 Å². The summed E-state index contributed by atoms with van der Waals surface area (Å²) in [5.41, 5.74) is 1.72. The van der Waals surface area contributed by atoms with Gasteiger partial charge >= 0.3 is 0 Å². The van der Waals surface area contributed by atoms with E-state index < -0.39 is 0 Å². The molecule has 1 N–H and O–H groups in total. The highest BCUT2D eigenvalue weighted by atomic mass is 19.1. The fraction of sp³-hybridized carbons (Fsp3) is 0.625. The third-order valence-electron chi connectivity index (χ3n) is 3.56. The van der Waals surface area contributed by atoms with Gasteiger partial charge in [-0.3, -0.25) is 0 Å². The van der Waals surface area contributed by atoms with E-state index in [9.17, 15) is 4.39 Å². The molecule has 0 saturated carbocycles. The fourth-order valence-electron chi connectivity index (χ4n) is 2.18. The van der Waals surface area contributed by atoms with Crippen LogP contribution in [0.4, 0.5) is 4.39 Å². The molecule has 0 heterocycles. The summed E-state index contributed by atoms with van der Waals surface area (Å²) in [5, 5.41) is 3.46. The van der Waals surface area contributed by atoms with Crippen molar-refractivity contribution >= 4 is 0 Å². The highest BCUT2D eigenvalue weighted by Gasteiger charge is 2.08. The van der Waals surface area contributed by atoms with E-state index in [1.54, 1.807) is 13.0 Å². The lowest BCUT2D eigenvalue weighted by molar-refractivity contribution is 0.284. The van der Waals surface area contributed by atoms with E-state index >= 15 is 0 Å². The lowest BCUT2D eigenvalue weighted by Gasteiger charge is -2.21. The lowest BCUT2D eigenvalue weighted by Crippen LogP contribution is -2.33. The highest BCUT2D eigenvalue weighted by molar-refractivity contribution is 5.25. The maximum absolute atomic E-state index is 13.5. The Morgan fingerprint density at radius 3 is 2.58 bits per heavy atom. The number of nitrogens with zero attached hydrogens (tertiary/aromatic N) is 1. The second-order valence-corrected chi connectivity index (χ2v) is 5.12. The molecule has 1 aromatic rings. The molecule has 3 heteroatoms. The van der Waals surface area contributed by atoms with Crippen LogP contribution in [0.15, 0.2) is 18.2 Å². The first-order chi connectivity index (χ1) is 9.08. The van der Waals surface area contributed by atoms with Crippen molar-refractivity contribution in [2.24, 2.45) is 0 Å². The number of nitrogens with one attached hydrogen (secondary N) is 1. The zero-order valence-electron chi connectivity index (χ0n) is 12.7. The summed E-state index contributed by atoms with van der Waals surface area (Å²) in [6.07, 6.45) is 1.19. The number of benzene rings is 1. The smallest absolute Gasteiger partial charge is 0.126 e. The van der Waals surface area contributed by atoms with Crippen LogP contribution >= 0.6 is 0 Å². The molecular formula is C16H27FN2. The molecule has 0 aliphatic heterocycles. The van der Waals surface area contributed by atoms with E-state index in [0.717, 1.165) is 31.7 Å². The van der Waals surface area contributed by atoms with Crippen molar-refractivity contribution in [3.8, 4) is 0 Å². The minimum Gasteiger partial charge on any atom is -0.309 e. The molecule has 0 aliphatic rings. The second-order valence-electron chi connectivity index (χ2n) is 5.12. The van der Waals surface area contributed by atoms with Crippen LogP contribution in [-0.2, 0) is 0 Å². The standard InChI is InChI=1S/C16H27FN2/c1-5-10-19(6-2)11-9-18-14(4)15-8-7-13(3)16(17)12-15/h7-8,12,14,18H,5-6,9-11H2,1-4H3. The van der Waals surface area contributed by atoms with Gasteiger partial charge in [-0.1, -0.05) is 26.0 Å². The van der Waals surface area contributed by atoms with Gasteiger partial charge in [-0.2, -0.15) is 0 Å². The molecule has 0 aromatic heterocycles. The van der Waals surface area contributed by atoms with E-state index in [1.165, 1.54) is 6.42 Å². The Kier molecular flexibility index (Phi) is 7.03. The predicted molar refractivity (Wildman–Crippen MR) is 80.0 cm³/mol. The Morgan fingerprint density at radius 2 is 2.00 bits per heavy atom. The van der Waals surface area contributed by atoms with Crippen LogP contribution in [0.2, 0.25) is 0 Å². The van der Waals surface area contributed by atoms with Crippen LogP contribution < -0.4 is 5.32 Å². The van der Waals surface area contributed by atoms with Crippen LogP contribution in [0.1, 0.15) is 44.4 Å². The monoisotopic (exact) mass is 266 g/mol. The maximum Gasteiger partial charge on any atom is 0.126 e. The van der Waals surface area contributed by atoms with Gasteiger partial charge in [0, 0.05) is 19.1 Å². The third-order valence-corrected chi connectivity index (χ3v) is 3.56. The Labute approximate surface area is 117 Å². The summed E-state index contributed by atoms with van der Waals surface area (Å²) in [5.74, 6) is -0.118. The molecule has 0 amide bonds. The van der Waals surface area contributed by atoms with Gasteiger partial charge in [0.15, 0.2) is 0 Å². The van der Waals surface area contributed by atoms with Gasteiger partial charge in [-0.15, -0.1) is 0 Å². The molecule has 1 unspecified atom stereocenters. The molecule has 0 fully saturated rings.